The Morgan fingerprint density at radius 2 is 1.96 bits per heavy atom. The molecule has 6 nitrogen and oxygen atoms in total. The van der Waals surface area contributed by atoms with Gasteiger partial charge in [-0.2, -0.15) is 0 Å². The van der Waals surface area contributed by atoms with Crippen molar-refractivity contribution in [3.63, 3.8) is 0 Å². The third-order valence-electron chi connectivity index (χ3n) is 4.78. The first-order chi connectivity index (χ1) is 12.5. The van der Waals surface area contributed by atoms with Crippen molar-refractivity contribution in [3.05, 3.63) is 40.9 Å². The zero-order valence-electron chi connectivity index (χ0n) is 15.1. The third kappa shape index (κ3) is 4.89. The number of amides is 2. The lowest BCUT2D eigenvalue weighted by atomic mass is 9.96. The summed E-state index contributed by atoms with van der Waals surface area (Å²) in [6.07, 6.45) is 3.19. The number of likely N-dealkylation sites (tertiary alicyclic amines) is 1. The number of carbonyl (C=O) groups excluding carboxylic acids is 2. The highest BCUT2D eigenvalue weighted by Crippen LogP contribution is 2.20. The Labute approximate surface area is 157 Å². The second-order valence-electron chi connectivity index (χ2n) is 6.72. The van der Waals surface area contributed by atoms with Gasteiger partial charge in [-0.25, -0.2) is 4.98 Å². The highest BCUT2D eigenvalue weighted by molar-refractivity contribution is 7.13. The van der Waals surface area contributed by atoms with Gasteiger partial charge in [0.2, 0.25) is 11.8 Å². The number of benzene rings is 1. The number of piperidine rings is 1. The largest absolute Gasteiger partial charge is 0.325 e. The second-order valence-corrected chi connectivity index (χ2v) is 7.62. The first-order valence-corrected chi connectivity index (χ1v) is 9.69. The van der Waals surface area contributed by atoms with E-state index in [9.17, 15) is 9.59 Å². The van der Waals surface area contributed by atoms with Crippen LogP contribution in [0.3, 0.4) is 0 Å². The van der Waals surface area contributed by atoms with Crippen molar-refractivity contribution in [2.24, 2.45) is 5.92 Å². The molecule has 1 aromatic carbocycles. The number of nitrogens with one attached hydrogen (secondary N) is 2. The molecule has 0 saturated carbocycles. The average molecular weight is 372 g/mol. The summed E-state index contributed by atoms with van der Waals surface area (Å²) in [4.78, 5) is 30.7. The number of rotatable bonds is 5. The zero-order chi connectivity index (χ0) is 18.5. The Hall–Kier alpha value is -2.25. The molecule has 0 bridgehead atoms. The van der Waals surface area contributed by atoms with Gasteiger partial charge in [-0.15, -0.1) is 11.3 Å². The molecule has 7 heteroatoms. The Morgan fingerprint density at radius 1 is 1.19 bits per heavy atom. The summed E-state index contributed by atoms with van der Waals surface area (Å²) in [6, 6.07) is 5.93. The number of nitrogens with zero attached hydrogens (tertiary/aromatic N) is 2. The predicted molar refractivity (Wildman–Crippen MR) is 104 cm³/mol. The highest BCUT2D eigenvalue weighted by Gasteiger charge is 2.26. The van der Waals surface area contributed by atoms with Crippen LogP contribution in [0.5, 0.6) is 0 Å². The van der Waals surface area contributed by atoms with Crippen LogP contribution in [0.25, 0.3) is 0 Å². The summed E-state index contributed by atoms with van der Waals surface area (Å²) >= 11 is 1.42. The highest BCUT2D eigenvalue weighted by atomic mass is 32.1. The lowest BCUT2D eigenvalue weighted by Gasteiger charge is -2.30. The molecule has 1 aliphatic rings. The maximum absolute atomic E-state index is 12.3. The normalized spacial score (nSPS) is 15.6. The monoisotopic (exact) mass is 372 g/mol. The van der Waals surface area contributed by atoms with E-state index in [-0.39, 0.29) is 17.7 Å². The number of anilines is 2. The van der Waals surface area contributed by atoms with E-state index < -0.39 is 0 Å². The molecule has 0 spiro atoms. The zero-order valence-corrected chi connectivity index (χ0v) is 15.9. The number of hydrogen-bond acceptors (Lipinski definition) is 5. The molecule has 2 aromatic rings. The van der Waals surface area contributed by atoms with E-state index in [0.29, 0.717) is 11.7 Å². The van der Waals surface area contributed by atoms with Crippen LogP contribution in [0.2, 0.25) is 0 Å². The van der Waals surface area contributed by atoms with Crippen molar-refractivity contribution in [2.45, 2.75) is 26.7 Å². The fraction of sp³-hybridized carbons (Fsp3) is 0.421. The van der Waals surface area contributed by atoms with Crippen LogP contribution in [0, 0.1) is 19.8 Å². The molecule has 0 aliphatic carbocycles. The van der Waals surface area contributed by atoms with Gasteiger partial charge in [0, 0.05) is 23.2 Å². The molecular formula is C19H24N4O2S. The maximum Gasteiger partial charge on any atom is 0.238 e. The van der Waals surface area contributed by atoms with E-state index >= 15 is 0 Å². The molecule has 138 valence electrons. The van der Waals surface area contributed by atoms with Gasteiger partial charge >= 0.3 is 0 Å². The summed E-state index contributed by atoms with van der Waals surface area (Å²) in [5.41, 5.74) is 3.20. The van der Waals surface area contributed by atoms with Crippen LogP contribution in [0.1, 0.15) is 24.0 Å². The fourth-order valence-electron chi connectivity index (χ4n) is 3.07. The lowest BCUT2D eigenvalue weighted by Crippen LogP contribution is -2.41. The van der Waals surface area contributed by atoms with Crippen molar-refractivity contribution in [2.75, 3.05) is 30.3 Å². The molecule has 1 saturated heterocycles. The second kappa shape index (κ2) is 8.42. The van der Waals surface area contributed by atoms with Gasteiger partial charge in [0.15, 0.2) is 5.13 Å². The van der Waals surface area contributed by atoms with Gasteiger partial charge in [0.05, 0.1) is 6.54 Å². The molecule has 0 radical (unpaired) electrons. The Kier molecular flexibility index (Phi) is 6.00. The first-order valence-electron chi connectivity index (χ1n) is 8.81. The smallest absolute Gasteiger partial charge is 0.238 e. The van der Waals surface area contributed by atoms with Gasteiger partial charge in [-0.05, 0) is 63.0 Å². The standard InChI is InChI=1S/C19H24N4O2S/c1-13-3-4-16(11-14(13)2)21-17(24)12-23-8-5-15(6-9-23)18(25)22-19-20-7-10-26-19/h3-4,7,10-11,15H,5-6,8-9,12H2,1-2H3,(H,21,24)(H,20,22,25). The number of aryl methyl sites for hydroxylation is 2. The Morgan fingerprint density at radius 3 is 2.62 bits per heavy atom. The van der Waals surface area contributed by atoms with E-state index in [1.807, 2.05) is 30.5 Å². The van der Waals surface area contributed by atoms with Gasteiger partial charge in [-0.1, -0.05) is 6.07 Å². The topological polar surface area (TPSA) is 74.3 Å². The minimum Gasteiger partial charge on any atom is -0.325 e. The van der Waals surface area contributed by atoms with Crippen molar-refractivity contribution in [3.8, 4) is 0 Å². The molecule has 3 rings (SSSR count). The van der Waals surface area contributed by atoms with Gasteiger partial charge < -0.3 is 10.6 Å². The first kappa shape index (κ1) is 18.5. The van der Waals surface area contributed by atoms with Crippen molar-refractivity contribution in [1.29, 1.82) is 0 Å². The average Bonchev–Trinajstić information content (AvgIpc) is 3.11. The minimum absolute atomic E-state index is 0.0149. The summed E-state index contributed by atoms with van der Waals surface area (Å²) in [5, 5.41) is 8.30. The number of aromatic nitrogens is 1. The van der Waals surface area contributed by atoms with E-state index in [1.165, 1.54) is 16.9 Å². The molecule has 1 aromatic heterocycles. The van der Waals surface area contributed by atoms with Gasteiger partial charge in [-0.3, -0.25) is 14.5 Å². The SMILES string of the molecule is Cc1ccc(NC(=O)CN2CCC(C(=O)Nc3nccs3)CC2)cc1C. The van der Waals surface area contributed by atoms with E-state index in [4.69, 9.17) is 0 Å². The molecule has 2 heterocycles. The van der Waals surface area contributed by atoms with Crippen molar-refractivity contribution in [1.82, 2.24) is 9.88 Å². The van der Waals surface area contributed by atoms with E-state index in [2.05, 4.69) is 27.4 Å². The fourth-order valence-corrected chi connectivity index (χ4v) is 3.60. The molecular weight excluding hydrogens is 348 g/mol. The van der Waals surface area contributed by atoms with Crippen LogP contribution in [-0.4, -0.2) is 41.3 Å². The minimum atomic E-state index is -0.0158. The predicted octanol–water partition coefficient (Wildman–Crippen LogP) is 3.05. The van der Waals surface area contributed by atoms with E-state index in [0.717, 1.165) is 37.2 Å². The third-order valence-corrected chi connectivity index (χ3v) is 5.47. The van der Waals surface area contributed by atoms with Gasteiger partial charge in [0.1, 0.15) is 0 Å². The number of thiazole rings is 1. The summed E-state index contributed by atoms with van der Waals surface area (Å²) in [5.74, 6) is -0.00363. The summed E-state index contributed by atoms with van der Waals surface area (Å²) in [7, 11) is 0. The quantitative estimate of drug-likeness (QED) is 0.846. The maximum atomic E-state index is 12.3. The van der Waals surface area contributed by atoms with Crippen LogP contribution in [0.4, 0.5) is 10.8 Å². The van der Waals surface area contributed by atoms with Crippen LogP contribution in [0.15, 0.2) is 29.8 Å². The Bertz CT molecular complexity index is 768. The molecule has 0 unspecified atom stereocenters. The van der Waals surface area contributed by atoms with Gasteiger partial charge in [0.25, 0.3) is 0 Å². The lowest BCUT2D eigenvalue weighted by molar-refractivity contribution is -0.121. The van der Waals surface area contributed by atoms with Crippen LogP contribution in [-0.2, 0) is 9.59 Å². The van der Waals surface area contributed by atoms with E-state index in [1.54, 1.807) is 6.20 Å². The van der Waals surface area contributed by atoms with Crippen LogP contribution < -0.4 is 10.6 Å². The Balaban J connectivity index is 1.43. The molecule has 2 N–H and O–H groups in total. The van der Waals surface area contributed by atoms with Crippen LogP contribution >= 0.6 is 11.3 Å². The number of carbonyl (C=O) groups is 2. The summed E-state index contributed by atoms with van der Waals surface area (Å²) < 4.78 is 0. The van der Waals surface area contributed by atoms with Crippen molar-refractivity contribution >= 4 is 34.0 Å². The number of hydrogen-bond donors (Lipinski definition) is 2. The molecule has 2 amide bonds. The molecule has 0 atom stereocenters. The summed E-state index contributed by atoms with van der Waals surface area (Å²) in [6.45, 7) is 5.93. The molecule has 26 heavy (non-hydrogen) atoms. The molecule has 1 fully saturated rings. The van der Waals surface area contributed by atoms with Crippen molar-refractivity contribution < 1.29 is 9.59 Å². The molecule has 1 aliphatic heterocycles.